The Balaban J connectivity index is 0.956. The summed E-state index contributed by atoms with van der Waals surface area (Å²) in [4.78, 5) is 97.4. The van der Waals surface area contributed by atoms with Crippen molar-refractivity contribution in [1.29, 1.82) is 0 Å². The Morgan fingerprint density at radius 3 is 2.11 bits per heavy atom. The second-order valence-corrected chi connectivity index (χ2v) is 22.2. The van der Waals surface area contributed by atoms with Crippen molar-refractivity contribution in [2.75, 3.05) is 37.9 Å². The summed E-state index contributed by atoms with van der Waals surface area (Å²) in [5.74, 6) is -3.82. The number of nitrogens with zero attached hydrogens (tertiary/aromatic N) is 8. The van der Waals surface area contributed by atoms with Crippen LogP contribution in [0.25, 0.3) is 22.3 Å². The average Bonchev–Trinajstić information content (AvgIpc) is 4.07. The summed E-state index contributed by atoms with van der Waals surface area (Å²) >= 11 is 0. The molecule has 3 aliphatic rings. The highest BCUT2D eigenvalue weighted by atomic mass is 31.3. The molecule has 8 rings (SSSR count). The van der Waals surface area contributed by atoms with Crippen LogP contribution in [0, 0.1) is 5.92 Å². The lowest BCUT2D eigenvalue weighted by atomic mass is 9.99. The maximum Gasteiger partial charge on any atom is 0.490 e. The molecule has 3 fully saturated rings. The summed E-state index contributed by atoms with van der Waals surface area (Å²) in [6.45, 7) is -5.14. The summed E-state index contributed by atoms with van der Waals surface area (Å²) in [6, 6.07) is 0.788. The van der Waals surface area contributed by atoms with Crippen LogP contribution in [0.4, 0.5) is 24.9 Å². The number of halogens is 3. The number of aryl methyl sites for hydroxylation is 1. The third-order valence-electron chi connectivity index (χ3n) is 11.2. The Morgan fingerprint density at radius 2 is 1.46 bits per heavy atom. The van der Waals surface area contributed by atoms with Gasteiger partial charge in [0.25, 0.3) is 16.7 Å². The number of aromatic amines is 2. The van der Waals surface area contributed by atoms with Gasteiger partial charge < -0.3 is 65.7 Å². The molecule has 5 aromatic heterocycles. The number of anilines is 2. The Hall–Kier alpha value is -4.79. The minimum atomic E-state index is -6.38. The molecule has 43 heteroatoms. The lowest BCUT2D eigenvalue weighted by Crippen LogP contribution is -2.52. The molecule has 3 saturated heterocycles. The average molecular weight is 1150 g/mol. The first kappa shape index (κ1) is 55.4. The summed E-state index contributed by atoms with van der Waals surface area (Å²) in [5.41, 5.74) is 5.00. The zero-order valence-corrected chi connectivity index (χ0v) is 40.3. The van der Waals surface area contributed by atoms with Crippen LogP contribution >= 0.6 is 31.3 Å². The number of hydrogen-bond acceptors (Lipinski definition) is 26. The molecule has 0 saturated carbocycles. The predicted molar refractivity (Wildman–Crippen MR) is 227 cm³/mol. The monoisotopic (exact) mass is 1150 g/mol. The van der Waals surface area contributed by atoms with E-state index >= 15 is 13.2 Å². The molecule has 0 radical (unpaired) electrons. The summed E-state index contributed by atoms with van der Waals surface area (Å²) in [6.07, 6.45) is -21.0. The number of phosphoric acid groups is 4. The van der Waals surface area contributed by atoms with Crippen LogP contribution in [-0.2, 0) is 72.0 Å². The van der Waals surface area contributed by atoms with Crippen molar-refractivity contribution in [3.63, 3.8) is 0 Å². The Labute approximate surface area is 405 Å². The van der Waals surface area contributed by atoms with E-state index in [9.17, 15) is 72.6 Å². The molecular weight excluding hydrogens is 1110 g/mol. The van der Waals surface area contributed by atoms with Crippen molar-refractivity contribution in [3.05, 3.63) is 62.4 Å². The summed E-state index contributed by atoms with van der Waals surface area (Å²) in [7, 11) is -23.1. The van der Waals surface area contributed by atoms with Gasteiger partial charge in [-0.25, -0.2) is 42.6 Å². The maximum atomic E-state index is 15.1. The molecule has 0 amide bonds. The van der Waals surface area contributed by atoms with Gasteiger partial charge in [-0.3, -0.25) is 46.8 Å². The number of rotatable bonds is 18. The topological polar surface area (TPSA) is 518 Å². The quantitative estimate of drug-likeness (QED) is 0.0294. The Bertz CT molecular complexity index is 3340. The largest absolute Gasteiger partial charge is 0.490 e. The molecule has 0 aromatic carbocycles. The zero-order valence-electron chi connectivity index (χ0n) is 36.8. The molecule has 14 N–H and O–H groups in total. The van der Waals surface area contributed by atoms with Crippen LogP contribution in [0.15, 0.2) is 45.6 Å². The minimum absolute atomic E-state index is 0.0662. The van der Waals surface area contributed by atoms with Gasteiger partial charge in [-0.2, -0.15) is 31.3 Å². The van der Waals surface area contributed by atoms with E-state index in [2.05, 4.69) is 42.6 Å². The van der Waals surface area contributed by atoms with Gasteiger partial charge in [0, 0.05) is 12.3 Å². The van der Waals surface area contributed by atoms with Crippen molar-refractivity contribution in [2.24, 2.45) is 13.0 Å². The Kier molecular flexibility index (Phi) is 15.0. The van der Waals surface area contributed by atoms with Crippen LogP contribution in [0.5, 0.6) is 0 Å². The van der Waals surface area contributed by atoms with E-state index in [1.165, 1.54) is 17.9 Å². The van der Waals surface area contributed by atoms with Gasteiger partial charge in [0.05, 0.1) is 39.8 Å². The lowest BCUT2D eigenvalue weighted by molar-refractivity contribution is -0.646. The molecule has 5 aromatic rings. The Morgan fingerprint density at radius 1 is 0.838 bits per heavy atom. The lowest BCUT2D eigenvalue weighted by Gasteiger charge is -2.29. The number of phosphoric ester groups is 3. The van der Waals surface area contributed by atoms with Gasteiger partial charge in [0.2, 0.25) is 18.5 Å². The number of nitrogens with one attached hydrogen (secondary N) is 2. The second-order valence-electron chi connectivity index (χ2n) is 16.2. The fraction of sp³-hybridized carbons (Fsp3) is 0.548. The molecule has 0 aliphatic carbocycles. The highest BCUT2D eigenvalue weighted by molar-refractivity contribution is 7.66. The van der Waals surface area contributed by atoms with E-state index in [1.54, 1.807) is 0 Å². The number of H-pyrrole nitrogens is 2. The fourth-order valence-electron chi connectivity index (χ4n) is 7.98. The minimum Gasteiger partial charge on any atom is -0.387 e. The number of fused-ring (bicyclic) bond motifs is 2. The third kappa shape index (κ3) is 11.2. The van der Waals surface area contributed by atoms with Gasteiger partial charge in [0.1, 0.15) is 60.5 Å². The number of imidazole rings is 2. The van der Waals surface area contributed by atoms with E-state index in [4.69, 9.17) is 34.7 Å². The first-order valence-electron chi connectivity index (χ1n) is 20.4. The van der Waals surface area contributed by atoms with Gasteiger partial charge in [-0.15, -0.1) is 0 Å². The highest BCUT2D eigenvalue weighted by Gasteiger charge is 2.62. The van der Waals surface area contributed by atoms with Gasteiger partial charge in [-0.1, -0.05) is 0 Å². The molecule has 408 valence electrons. The van der Waals surface area contributed by atoms with Gasteiger partial charge in [0.15, 0.2) is 23.4 Å². The van der Waals surface area contributed by atoms with Crippen molar-refractivity contribution in [3.8, 4) is 0 Å². The number of aliphatic hydroxyl groups is 4. The number of alkyl halides is 3. The van der Waals surface area contributed by atoms with Crippen LogP contribution < -0.4 is 32.8 Å². The number of nitrogen functional groups attached to an aromatic ring is 2. The van der Waals surface area contributed by atoms with E-state index in [1.807, 2.05) is 4.98 Å². The van der Waals surface area contributed by atoms with Gasteiger partial charge >= 0.3 is 48.7 Å². The van der Waals surface area contributed by atoms with E-state index in [0.717, 1.165) is 29.5 Å². The standard InChI is InChI=1S/C31H39F3N12O24P4/c1-43-10-45(24-17(43)25(51)42-28(36)41-24)27-19(49)18(48)11(66-27)4-64-72(56,57)69-74(60,61)70-73(58,59)65-5-12-20(15(31(32,33)34)26(67-12)44-9-39-16-22(35)37-8-38-23(16)44)68-71(54,55)63-6-13-21(50)30(53,7-62-13)46-3-2-14(47)40-29(46)52/h2-3,8-13,15,18-21,26-27,48-50,53H,4-7H2,1H3,(H9-,35,36,37,38,40,41,42,47,51,52,54,55,56,57,58,59,60,61)/p+1/t11-,12-,13-,15?,18?,19?,20?,21?,26-,27-,30?/m1/s1. The van der Waals surface area contributed by atoms with Crippen molar-refractivity contribution < 1.29 is 117 Å². The number of ether oxygens (including phenoxy) is 3. The molecule has 74 heavy (non-hydrogen) atoms. The SMILES string of the molecule is C[n+]1cn([C@@H]2O[C@H](COP(=O)(O)OP(=O)(O)OP(=O)(O)OC[C@H]3O[C@@H](n4cnc5c(N)ncnc54)C(C(F)(F)F)C3OP(=O)(O)OC[C@H]3OCC(O)(n4ccc(=O)[nH]c4=O)C3O)C(O)C2O)c2nc(N)[nH]c(=O)c21. The van der Waals surface area contributed by atoms with E-state index < -0.39 is 153 Å². The zero-order chi connectivity index (χ0) is 54.2. The van der Waals surface area contributed by atoms with E-state index in [0.29, 0.717) is 9.13 Å². The molecule has 10 unspecified atom stereocenters. The van der Waals surface area contributed by atoms with Crippen LogP contribution in [0.3, 0.4) is 0 Å². The number of hydrogen-bond donors (Lipinski definition) is 12. The normalized spacial score (nSPS) is 30.9. The number of aromatic nitrogens is 10. The smallest absolute Gasteiger partial charge is 0.387 e. The van der Waals surface area contributed by atoms with Crippen molar-refractivity contribution in [2.45, 2.75) is 67.1 Å². The highest BCUT2D eigenvalue weighted by Crippen LogP contribution is 2.68. The molecule has 0 spiro atoms. The third-order valence-corrected chi connectivity index (χ3v) is 16.5. The summed E-state index contributed by atoms with van der Waals surface area (Å²) < 4.78 is 144. The first-order valence-corrected chi connectivity index (χ1v) is 26.4. The molecule has 0 bridgehead atoms. The number of nitrogens with two attached hydrogens (primary N) is 2. The first-order chi connectivity index (χ1) is 34.3. The molecule has 8 heterocycles. The maximum absolute atomic E-state index is 15.1. The van der Waals surface area contributed by atoms with Crippen molar-refractivity contribution in [1.82, 2.24) is 43.6 Å². The van der Waals surface area contributed by atoms with Crippen LogP contribution in [0.1, 0.15) is 12.5 Å². The number of aliphatic hydroxyl groups excluding tert-OH is 3. The van der Waals surface area contributed by atoms with E-state index in [-0.39, 0.29) is 28.4 Å². The molecule has 36 nitrogen and oxygen atoms in total. The van der Waals surface area contributed by atoms with Gasteiger partial charge in [-0.05, 0) is 0 Å². The molecular formula is C31H40F3N12O24P4+. The van der Waals surface area contributed by atoms with Crippen LogP contribution in [0.2, 0.25) is 0 Å². The molecule has 3 aliphatic heterocycles. The van der Waals surface area contributed by atoms with Crippen LogP contribution in [-0.4, -0.2) is 159 Å². The predicted octanol–water partition coefficient (Wildman–Crippen LogP) is -3.93. The fourth-order valence-corrected chi connectivity index (χ4v) is 12.5. The second kappa shape index (κ2) is 20.0. The summed E-state index contributed by atoms with van der Waals surface area (Å²) in [5, 5.41) is 43.2. The molecule has 15 atom stereocenters. The van der Waals surface area contributed by atoms with Crippen molar-refractivity contribution >= 4 is 65.4 Å².